The summed E-state index contributed by atoms with van der Waals surface area (Å²) in [6.45, 7) is 12.5. The fourth-order valence-electron chi connectivity index (χ4n) is 9.62. The quantitative estimate of drug-likeness (QED) is 0.245. The molecule has 5 rings (SSSR count). The van der Waals surface area contributed by atoms with E-state index in [1.807, 2.05) is 0 Å². The molecule has 2 nitrogen and oxygen atoms in total. The highest BCUT2D eigenvalue weighted by Crippen LogP contribution is 2.67. The Morgan fingerprint density at radius 1 is 1.03 bits per heavy atom. The molecule has 3 fully saturated rings. The van der Waals surface area contributed by atoms with E-state index < -0.39 is 0 Å². The van der Waals surface area contributed by atoms with Gasteiger partial charge in [0.25, 0.3) is 0 Å². The lowest BCUT2D eigenvalue weighted by Crippen LogP contribution is -2.51. The first kappa shape index (κ1) is 28.5. The van der Waals surface area contributed by atoms with Crippen LogP contribution < -0.4 is 0 Å². The molecule has 0 aliphatic heterocycles. The number of rotatable bonds is 7. The van der Waals surface area contributed by atoms with Gasteiger partial charge in [0.15, 0.2) is 0 Å². The van der Waals surface area contributed by atoms with Gasteiger partial charge >= 0.3 is 5.97 Å². The highest BCUT2D eigenvalue weighted by molar-refractivity contribution is 6.36. The predicted octanol–water partition coefficient (Wildman–Crippen LogP) is 10.6. The van der Waals surface area contributed by atoms with Gasteiger partial charge in [0.1, 0.15) is 6.10 Å². The molecule has 210 valence electrons. The third-order valence-electron chi connectivity index (χ3n) is 11.7. The molecule has 0 aromatic heterocycles. The van der Waals surface area contributed by atoms with E-state index in [1.54, 1.807) is 23.8 Å². The third-order valence-corrected chi connectivity index (χ3v) is 12.2. The Hall–Kier alpha value is -0.990. The van der Waals surface area contributed by atoms with Crippen LogP contribution in [0.3, 0.4) is 0 Å². The van der Waals surface area contributed by atoms with Gasteiger partial charge in [-0.05, 0) is 109 Å². The number of hydrogen-bond acceptors (Lipinski definition) is 2. The van der Waals surface area contributed by atoms with Crippen molar-refractivity contribution in [3.05, 3.63) is 45.5 Å². The second-order valence-corrected chi connectivity index (χ2v) is 15.0. The summed E-state index contributed by atoms with van der Waals surface area (Å²) in [5, 5.41) is 0.886. The molecule has 0 spiro atoms. The minimum Gasteiger partial charge on any atom is -0.458 e. The number of halogens is 2. The molecule has 1 aromatic rings. The molecule has 8 atom stereocenters. The summed E-state index contributed by atoms with van der Waals surface area (Å²) in [6.07, 6.45) is 16.4. The molecule has 0 saturated heterocycles. The van der Waals surface area contributed by atoms with Gasteiger partial charge < -0.3 is 4.74 Å². The number of carbonyl (C=O) groups excluding carboxylic acids is 1. The van der Waals surface area contributed by atoms with Crippen molar-refractivity contribution in [1.82, 2.24) is 0 Å². The molecule has 38 heavy (non-hydrogen) atoms. The Morgan fingerprint density at radius 2 is 1.82 bits per heavy atom. The number of esters is 1. The zero-order valence-electron chi connectivity index (χ0n) is 24.2. The van der Waals surface area contributed by atoms with Crippen LogP contribution in [0.5, 0.6) is 0 Å². The summed E-state index contributed by atoms with van der Waals surface area (Å²) >= 11 is 12.3. The van der Waals surface area contributed by atoms with E-state index in [1.165, 1.54) is 51.4 Å². The zero-order chi connectivity index (χ0) is 27.2. The van der Waals surface area contributed by atoms with Crippen molar-refractivity contribution in [3.63, 3.8) is 0 Å². The predicted molar refractivity (Wildman–Crippen MR) is 159 cm³/mol. The molecule has 4 aliphatic rings. The molecule has 0 N–H and O–H groups in total. The minimum absolute atomic E-state index is 0.0680. The smallest absolute Gasteiger partial charge is 0.339 e. The normalized spacial score (nSPS) is 37.2. The van der Waals surface area contributed by atoms with Crippen LogP contribution in [0.15, 0.2) is 29.8 Å². The van der Waals surface area contributed by atoms with Crippen LogP contribution in [-0.2, 0) is 4.74 Å². The second-order valence-electron chi connectivity index (χ2n) is 14.2. The van der Waals surface area contributed by atoms with Crippen LogP contribution in [-0.4, -0.2) is 12.1 Å². The molecule has 6 unspecified atom stereocenters. The summed E-state index contributed by atoms with van der Waals surface area (Å²) < 4.78 is 5.99. The van der Waals surface area contributed by atoms with Crippen molar-refractivity contribution < 1.29 is 9.53 Å². The van der Waals surface area contributed by atoms with E-state index in [4.69, 9.17) is 27.9 Å². The van der Waals surface area contributed by atoms with Crippen LogP contribution in [0.1, 0.15) is 116 Å². The number of benzene rings is 1. The van der Waals surface area contributed by atoms with Gasteiger partial charge in [0.2, 0.25) is 0 Å². The summed E-state index contributed by atoms with van der Waals surface area (Å²) in [6, 6.07) is 4.98. The van der Waals surface area contributed by atoms with Crippen molar-refractivity contribution in [2.24, 2.45) is 46.3 Å². The van der Waals surface area contributed by atoms with Crippen molar-refractivity contribution in [2.45, 2.75) is 111 Å². The molecule has 4 heteroatoms. The van der Waals surface area contributed by atoms with Gasteiger partial charge in [0, 0.05) is 11.4 Å². The summed E-state index contributed by atoms with van der Waals surface area (Å²) in [7, 11) is 0. The lowest BCUT2D eigenvalue weighted by molar-refractivity contribution is -0.0594. The van der Waals surface area contributed by atoms with Gasteiger partial charge in [-0.15, -0.1) is 0 Å². The Balaban J connectivity index is 1.25. The molecule has 1 aromatic carbocycles. The lowest BCUT2D eigenvalue weighted by atomic mass is 9.47. The van der Waals surface area contributed by atoms with Crippen molar-refractivity contribution in [2.75, 3.05) is 0 Å². The second kappa shape index (κ2) is 11.1. The van der Waals surface area contributed by atoms with Crippen molar-refractivity contribution in [3.8, 4) is 0 Å². The molecule has 3 saturated carbocycles. The molecular weight excluding hydrogens is 511 g/mol. The first-order valence-corrected chi connectivity index (χ1v) is 16.1. The lowest BCUT2D eigenvalue weighted by Gasteiger charge is -2.58. The van der Waals surface area contributed by atoms with E-state index in [0.29, 0.717) is 21.0 Å². The average molecular weight is 560 g/mol. The summed E-state index contributed by atoms with van der Waals surface area (Å²) in [4.78, 5) is 12.9. The molecule has 0 amide bonds. The van der Waals surface area contributed by atoms with Crippen molar-refractivity contribution in [1.29, 1.82) is 0 Å². The highest BCUT2D eigenvalue weighted by Gasteiger charge is 2.59. The van der Waals surface area contributed by atoms with Crippen LogP contribution in [0, 0.1) is 46.3 Å². The maximum atomic E-state index is 12.9. The maximum absolute atomic E-state index is 12.9. The summed E-state index contributed by atoms with van der Waals surface area (Å²) in [5.41, 5.74) is 2.73. The maximum Gasteiger partial charge on any atom is 0.339 e. The standard InChI is InChI=1S/C34H48Cl2O2/c1-21(2)7-6-8-22(3)28-13-14-29-26-11-9-23-19-25(38-32(37)27-12-10-24(35)20-31(27)36)15-17-33(23,4)30(26)16-18-34(28,29)5/h9-10,12,20-22,25-26,28-30H,6-8,11,13-19H2,1-5H3/t22?,25?,26?,28?,29?,30?,33-,34+/m0/s1. The van der Waals surface area contributed by atoms with Crippen LogP contribution in [0.2, 0.25) is 10.0 Å². The average Bonchev–Trinajstić information content (AvgIpc) is 3.21. The van der Waals surface area contributed by atoms with E-state index in [0.717, 1.165) is 54.8 Å². The van der Waals surface area contributed by atoms with Gasteiger partial charge in [0.05, 0.1) is 10.6 Å². The molecule has 4 aliphatic carbocycles. The number of allylic oxidation sites excluding steroid dienone is 1. The fourth-order valence-corrected chi connectivity index (χ4v) is 10.1. The summed E-state index contributed by atoms with van der Waals surface area (Å²) in [5.74, 6) is 4.71. The zero-order valence-corrected chi connectivity index (χ0v) is 25.7. The number of fused-ring (bicyclic) bond motifs is 5. The first-order chi connectivity index (χ1) is 18.0. The van der Waals surface area contributed by atoms with Crippen molar-refractivity contribution >= 4 is 29.2 Å². The van der Waals surface area contributed by atoms with E-state index >= 15 is 0 Å². The Kier molecular flexibility index (Phi) is 8.35. The molecule has 0 radical (unpaired) electrons. The van der Waals surface area contributed by atoms with E-state index in [9.17, 15) is 4.79 Å². The van der Waals surface area contributed by atoms with Gasteiger partial charge in [-0.25, -0.2) is 4.79 Å². The van der Waals surface area contributed by atoms with Gasteiger partial charge in [-0.3, -0.25) is 0 Å². The van der Waals surface area contributed by atoms with Gasteiger partial charge in [-0.2, -0.15) is 0 Å². The monoisotopic (exact) mass is 558 g/mol. The van der Waals surface area contributed by atoms with E-state index in [2.05, 4.69) is 40.7 Å². The Bertz CT molecular complexity index is 1060. The number of carbonyl (C=O) groups is 1. The highest BCUT2D eigenvalue weighted by atomic mass is 35.5. The Morgan fingerprint density at radius 3 is 2.55 bits per heavy atom. The molecule has 0 heterocycles. The van der Waals surface area contributed by atoms with Gasteiger partial charge in [-0.1, -0.05) is 88.7 Å². The van der Waals surface area contributed by atoms with Crippen LogP contribution >= 0.6 is 23.2 Å². The molecule has 0 bridgehead atoms. The third kappa shape index (κ3) is 5.23. The van der Waals surface area contributed by atoms with Crippen LogP contribution in [0.4, 0.5) is 0 Å². The molecular formula is C34H48Cl2O2. The minimum atomic E-state index is -0.331. The van der Waals surface area contributed by atoms with E-state index in [-0.39, 0.29) is 17.5 Å². The number of ether oxygens (including phenoxy) is 1. The fraction of sp³-hybridized carbons (Fsp3) is 0.735. The van der Waals surface area contributed by atoms with Crippen LogP contribution in [0.25, 0.3) is 0 Å². The first-order valence-electron chi connectivity index (χ1n) is 15.4. The largest absolute Gasteiger partial charge is 0.458 e. The SMILES string of the molecule is CC(C)CCCC(C)C1CCC2C3CC=C4CC(OC(=O)c5ccc(Cl)cc5Cl)CC[C@]4(C)C3CC[C@]12C. The Labute approximate surface area is 241 Å². The number of hydrogen-bond donors (Lipinski definition) is 0. The topological polar surface area (TPSA) is 26.3 Å².